The van der Waals surface area contributed by atoms with Crippen LogP contribution >= 0.6 is 0 Å². The lowest BCUT2D eigenvalue weighted by atomic mass is 10.0. The zero-order valence-electron chi connectivity index (χ0n) is 12.8. The van der Waals surface area contributed by atoms with Crippen LogP contribution in [0.3, 0.4) is 0 Å². The number of carbonyl (C=O) groups excluding carboxylic acids is 1. The number of benzene rings is 3. The average Bonchev–Trinajstić information content (AvgIpc) is 2.59. The van der Waals surface area contributed by atoms with Crippen molar-refractivity contribution in [2.24, 2.45) is 0 Å². The molecule has 0 fully saturated rings. The summed E-state index contributed by atoms with van der Waals surface area (Å²) in [6.07, 6.45) is 1.14. The van der Waals surface area contributed by atoms with Crippen molar-refractivity contribution in [3.05, 3.63) is 83.7 Å². The summed E-state index contributed by atoms with van der Waals surface area (Å²) in [6.45, 7) is 0.425. The molecular formula is C20H18FNO. The molecule has 3 aromatic carbocycles. The first-order chi connectivity index (χ1) is 11.2. The molecular weight excluding hydrogens is 289 g/mol. The molecule has 0 aliphatic rings. The first-order valence-electron chi connectivity index (χ1n) is 7.70. The highest BCUT2D eigenvalue weighted by molar-refractivity contribution is 5.86. The van der Waals surface area contributed by atoms with Gasteiger partial charge in [-0.3, -0.25) is 4.79 Å². The molecule has 1 amide bonds. The van der Waals surface area contributed by atoms with Crippen LogP contribution in [0.15, 0.2) is 66.7 Å². The summed E-state index contributed by atoms with van der Waals surface area (Å²) in [4.78, 5) is 12.0. The molecule has 1 N–H and O–H groups in total. The molecule has 0 saturated carbocycles. The summed E-state index contributed by atoms with van der Waals surface area (Å²) in [5.41, 5.74) is 2.07. The molecule has 2 nitrogen and oxygen atoms in total. The van der Waals surface area contributed by atoms with Crippen molar-refractivity contribution >= 4 is 16.7 Å². The largest absolute Gasteiger partial charge is 0.352 e. The van der Waals surface area contributed by atoms with Crippen LogP contribution in [0.1, 0.15) is 17.5 Å². The van der Waals surface area contributed by atoms with Crippen molar-refractivity contribution in [3.8, 4) is 0 Å². The van der Waals surface area contributed by atoms with E-state index in [-0.39, 0.29) is 11.7 Å². The van der Waals surface area contributed by atoms with Gasteiger partial charge in [0.05, 0.1) is 0 Å². The molecule has 0 aromatic heterocycles. The van der Waals surface area contributed by atoms with E-state index >= 15 is 0 Å². The summed E-state index contributed by atoms with van der Waals surface area (Å²) in [7, 11) is 0. The third-order valence-electron chi connectivity index (χ3n) is 3.90. The van der Waals surface area contributed by atoms with E-state index in [1.807, 2.05) is 18.2 Å². The highest BCUT2D eigenvalue weighted by Gasteiger charge is 2.05. The number of amides is 1. The molecule has 3 heteroatoms. The molecule has 0 saturated heterocycles. The van der Waals surface area contributed by atoms with E-state index in [4.69, 9.17) is 0 Å². The Morgan fingerprint density at radius 3 is 2.48 bits per heavy atom. The topological polar surface area (TPSA) is 29.1 Å². The Kier molecular flexibility index (Phi) is 4.67. The fraction of sp³-hybridized carbons (Fsp3) is 0.150. The summed E-state index contributed by atoms with van der Waals surface area (Å²) in [5, 5.41) is 5.26. The first kappa shape index (κ1) is 15.2. The predicted octanol–water partition coefficient (Wildman–Crippen LogP) is 4.23. The molecule has 0 heterocycles. The van der Waals surface area contributed by atoms with Gasteiger partial charge in [-0.2, -0.15) is 0 Å². The van der Waals surface area contributed by atoms with Gasteiger partial charge in [0.15, 0.2) is 0 Å². The predicted molar refractivity (Wildman–Crippen MR) is 90.5 cm³/mol. The fourth-order valence-electron chi connectivity index (χ4n) is 2.65. The highest BCUT2D eigenvalue weighted by atomic mass is 19.1. The minimum atomic E-state index is -0.268. The second-order valence-corrected chi connectivity index (χ2v) is 5.54. The molecule has 0 spiro atoms. The summed E-state index contributed by atoms with van der Waals surface area (Å²) in [6, 6.07) is 20.5. The minimum absolute atomic E-state index is 0.00209. The monoisotopic (exact) mass is 307 g/mol. The van der Waals surface area contributed by atoms with Crippen LogP contribution in [-0.2, 0) is 17.8 Å². The van der Waals surface area contributed by atoms with Crippen molar-refractivity contribution in [2.45, 2.75) is 19.4 Å². The maximum absolute atomic E-state index is 12.8. The Morgan fingerprint density at radius 1 is 0.913 bits per heavy atom. The van der Waals surface area contributed by atoms with E-state index in [1.54, 1.807) is 12.1 Å². The van der Waals surface area contributed by atoms with E-state index < -0.39 is 0 Å². The van der Waals surface area contributed by atoms with Gasteiger partial charge in [0.25, 0.3) is 0 Å². The third kappa shape index (κ3) is 3.95. The van der Waals surface area contributed by atoms with Gasteiger partial charge in [0, 0.05) is 13.0 Å². The number of nitrogens with one attached hydrogen (secondary N) is 1. The Morgan fingerprint density at radius 2 is 1.65 bits per heavy atom. The Labute approximate surface area is 135 Å². The molecule has 116 valence electrons. The number of carbonyl (C=O) groups is 1. The van der Waals surface area contributed by atoms with Gasteiger partial charge in [-0.1, -0.05) is 54.6 Å². The average molecular weight is 307 g/mol. The highest BCUT2D eigenvalue weighted by Crippen LogP contribution is 2.19. The minimum Gasteiger partial charge on any atom is -0.352 e. The van der Waals surface area contributed by atoms with Gasteiger partial charge in [0.1, 0.15) is 5.82 Å². The molecule has 3 rings (SSSR count). The molecule has 23 heavy (non-hydrogen) atoms. The Bertz CT molecular complexity index is 806. The van der Waals surface area contributed by atoms with E-state index in [0.29, 0.717) is 19.4 Å². The van der Waals surface area contributed by atoms with Crippen LogP contribution in [0.4, 0.5) is 4.39 Å². The molecule has 0 bridgehead atoms. The van der Waals surface area contributed by atoms with Crippen LogP contribution in [0.5, 0.6) is 0 Å². The van der Waals surface area contributed by atoms with E-state index in [1.165, 1.54) is 28.5 Å². The van der Waals surface area contributed by atoms with Crippen LogP contribution in [0.2, 0.25) is 0 Å². The Hall–Kier alpha value is -2.68. The molecule has 3 aromatic rings. The number of hydrogen-bond donors (Lipinski definition) is 1. The zero-order valence-corrected chi connectivity index (χ0v) is 12.8. The van der Waals surface area contributed by atoms with Gasteiger partial charge in [0.2, 0.25) is 5.91 Å². The van der Waals surface area contributed by atoms with Crippen molar-refractivity contribution in [1.82, 2.24) is 5.32 Å². The molecule has 0 radical (unpaired) electrons. The second kappa shape index (κ2) is 7.05. The van der Waals surface area contributed by atoms with E-state index in [0.717, 1.165) is 5.56 Å². The van der Waals surface area contributed by atoms with Crippen molar-refractivity contribution in [2.75, 3.05) is 0 Å². The smallest absolute Gasteiger partial charge is 0.220 e. The first-order valence-corrected chi connectivity index (χ1v) is 7.70. The SMILES string of the molecule is O=C(CCc1cccc2ccccc12)NCc1ccc(F)cc1. The maximum Gasteiger partial charge on any atom is 0.220 e. The molecule has 0 atom stereocenters. The Balaban J connectivity index is 1.57. The normalized spacial score (nSPS) is 10.7. The van der Waals surface area contributed by atoms with Gasteiger partial charge in [-0.05, 0) is 40.5 Å². The third-order valence-corrected chi connectivity index (χ3v) is 3.90. The van der Waals surface area contributed by atoms with E-state index in [2.05, 4.69) is 29.6 Å². The summed E-state index contributed by atoms with van der Waals surface area (Å²) in [5.74, 6) is -0.265. The molecule has 0 aliphatic carbocycles. The van der Waals surface area contributed by atoms with Crippen LogP contribution in [0.25, 0.3) is 10.8 Å². The van der Waals surface area contributed by atoms with Gasteiger partial charge < -0.3 is 5.32 Å². The van der Waals surface area contributed by atoms with E-state index in [9.17, 15) is 9.18 Å². The number of fused-ring (bicyclic) bond motifs is 1. The molecule has 0 aliphatic heterocycles. The lowest BCUT2D eigenvalue weighted by molar-refractivity contribution is -0.121. The quantitative estimate of drug-likeness (QED) is 0.751. The van der Waals surface area contributed by atoms with Crippen LogP contribution < -0.4 is 5.32 Å². The standard InChI is InChI=1S/C20H18FNO/c21-18-11-8-15(9-12-18)14-22-20(23)13-10-17-6-3-5-16-4-1-2-7-19(16)17/h1-9,11-12H,10,13-14H2,(H,22,23). The number of halogens is 1. The zero-order chi connectivity index (χ0) is 16.1. The van der Waals surface area contributed by atoms with Crippen molar-refractivity contribution < 1.29 is 9.18 Å². The van der Waals surface area contributed by atoms with Crippen molar-refractivity contribution in [3.63, 3.8) is 0 Å². The number of rotatable bonds is 5. The second-order valence-electron chi connectivity index (χ2n) is 5.54. The number of hydrogen-bond acceptors (Lipinski definition) is 1. The molecule has 0 unspecified atom stereocenters. The lowest BCUT2D eigenvalue weighted by Gasteiger charge is -2.08. The van der Waals surface area contributed by atoms with Gasteiger partial charge >= 0.3 is 0 Å². The lowest BCUT2D eigenvalue weighted by Crippen LogP contribution is -2.23. The van der Waals surface area contributed by atoms with Gasteiger partial charge in [-0.15, -0.1) is 0 Å². The fourth-order valence-corrected chi connectivity index (χ4v) is 2.65. The van der Waals surface area contributed by atoms with Crippen LogP contribution in [0, 0.1) is 5.82 Å². The maximum atomic E-state index is 12.8. The van der Waals surface area contributed by atoms with Gasteiger partial charge in [-0.25, -0.2) is 4.39 Å². The number of aryl methyl sites for hydroxylation is 1. The van der Waals surface area contributed by atoms with Crippen LogP contribution in [-0.4, -0.2) is 5.91 Å². The summed E-state index contributed by atoms with van der Waals surface area (Å²) < 4.78 is 12.8. The van der Waals surface area contributed by atoms with Crippen molar-refractivity contribution in [1.29, 1.82) is 0 Å². The summed E-state index contributed by atoms with van der Waals surface area (Å²) >= 11 is 0.